The zero-order valence-electron chi connectivity index (χ0n) is 11.3. The lowest BCUT2D eigenvalue weighted by molar-refractivity contribution is 0.0916. The summed E-state index contributed by atoms with van der Waals surface area (Å²) in [6.07, 6.45) is 3.63. The van der Waals surface area contributed by atoms with Gasteiger partial charge in [-0.1, -0.05) is 24.6 Å². The molecule has 19 heavy (non-hydrogen) atoms. The van der Waals surface area contributed by atoms with Crippen LogP contribution in [0.2, 0.25) is 0 Å². The van der Waals surface area contributed by atoms with Crippen LogP contribution >= 0.6 is 0 Å². The van der Waals surface area contributed by atoms with Crippen LogP contribution in [0.5, 0.6) is 0 Å². The average molecular weight is 261 g/mol. The number of carbonyl (C=O) groups is 1. The molecule has 1 unspecified atom stereocenters. The van der Waals surface area contributed by atoms with E-state index in [1.54, 1.807) is 0 Å². The third-order valence-corrected chi connectivity index (χ3v) is 3.70. The fraction of sp³-hybridized carbons (Fsp3) is 0.533. The van der Waals surface area contributed by atoms with Crippen molar-refractivity contribution in [2.45, 2.75) is 25.3 Å². The molecule has 4 nitrogen and oxygen atoms in total. The van der Waals surface area contributed by atoms with E-state index in [2.05, 4.69) is 10.2 Å². The standard InChI is InChI=1S/C15H23N3O/c16-9-11-18-10-5-4-8-14(18)12-17-15(19)13-6-2-1-3-7-13/h1-3,6-7,14H,4-5,8-12,16H2,(H,17,19). The van der Waals surface area contributed by atoms with E-state index in [1.807, 2.05) is 30.3 Å². The third-order valence-electron chi connectivity index (χ3n) is 3.70. The normalized spacial score (nSPS) is 20.2. The minimum atomic E-state index is 0.0128. The van der Waals surface area contributed by atoms with E-state index in [1.165, 1.54) is 12.8 Å². The van der Waals surface area contributed by atoms with Gasteiger partial charge in [-0.3, -0.25) is 9.69 Å². The molecular weight excluding hydrogens is 238 g/mol. The van der Waals surface area contributed by atoms with Gasteiger partial charge in [0, 0.05) is 31.2 Å². The highest BCUT2D eigenvalue weighted by molar-refractivity contribution is 5.94. The highest BCUT2D eigenvalue weighted by atomic mass is 16.1. The summed E-state index contributed by atoms with van der Waals surface area (Å²) in [7, 11) is 0. The summed E-state index contributed by atoms with van der Waals surface area (Å²) in [6, 6.07) is 9.81. The number of nitrogens with zero attached hydrogens (tertiary/aromatic N) is 1. The summed E-state index contributed by atoms with van der Waals surface area (Å²) < 4.78 is 0. The largest absolute Gasteiger partial charge is 0.350 e. The second kappa shape index (κ2) is 7.26. The first kappa shape index (κ1) is 14.0. The monoisotopic (exact) mass is 261 g/mol. The van der Waals surface area contributed by atoms with Gasteiger partial charge in [0.15, 0.2) is 0 Å². The van der Waals surface area contributed by atoms with Gasteiger partial charge in [0.1, 0.15) is 0 Å². The van der Waals surface area contributed by atoms with Crippen LogP contribution in [-0.2, 0) is 0 Å². The van der Waals surface area contributed by atoms with Crippen molar-refractivity contribution in [1.29, 1.82) is 0 Å². The SMILES string of the molecule is NCCN1CCCCC1CNC(=O)c1ccccc1. The third kappa shape index (κ3) is 4.04. The number of hydrogen-bond acceptors (Lipinski definition) is 3. The molecule has 1 aromatic rings. The van der Waals surface area contributed by atoms with Crippen molar-refractivity contribution >= 4 is 5.91 Å². The summed E-state index contributed by atoms with van der Waals surface area (Å²) in [5, 5.41) is 3.04. The molecular formula is C15H23N3O. The van der Waals surface area contributed by atoms with E-state index in [9.17, 15) is 4.79 Å². The first-order valence-corrected chi connectivity index (χ1v) is 7.08. The van der Waals surface area contributed by atoms with Crippen LogP contribution in [0.3, 0.4) is 0 Å². The van der Waals surface area contributed by atoms with Crippen molar-refractivity contribution in [2.75, 3.05) is 26.2 Å². The number of hydrogen-bond donors (Lipinski definition) is 2. The fourth-order valence-corrected chi connectivity index (χ4v) is 2.65. The maximum Gasteiger partial charge on any atom is 0.251 e. The average Bonchev–Trinajstić information content (AvgIpc) is 2.47. The Bertz CT molecular complexity index is 392. The Morgan fingerprint density at radius 2 is 2.11 bits per heavy atom. The second-order valence-electron chi connectivity index (χ2n) is 5.05. The van der Waals surface area contributed by atoms with Crippen LogP contribution in [0.1, 0.15) is 29.6 Å². The van der Waals surface area contributed by atoms with Crippen molar-refractivity contribution in [2.24, 2.45) is 5.73 Å². The molecule has 0 bridgehead atoms. The quantitative estimate of drug-likeness (QED) is 0.838. The van der Waals surface area contributed by atoms with Gasteiger partial charge in [-0.25, -0.2) is 0 Å². The van der Waals surface area contributed by atoms with Crippen LogP contribution in [0.25, 0.3) is 0 Å². The molecule has 1 aliphatic rings. The molecule has 1 amide bonds. The molecule has 4 heteroatoms. The molecule has 104 valence electrons. The molecule has 1 fully saturated rings. The first-order chi connectivity index (χ1) is 9.31. The van der Waals surface area contributed by atoms with Gasteiger partial charge in [0.2, 0.25) is 0 Å². The summed E-state index contributed by atoms with van der Waals surface area (Å²) in [5.74, 6) is 0.0128. The van der Waals surface area contributed by atoms with Crippen LogP contribution in [0.15, 0.2) is 30.3 Å². The Morgan fingerprint density at radius 3 is 2.84 bits per heavy atom. The van der Waals surface area contributed by atoms with Crippen molar-refractivity contribution < 1.29 is 4.79 Å². The number of nitrogens with one attached hydrogen (secondary N) is 1. The number of rotatable bonds is 5. The maximum absolute atomic E-state index is 12.0. The van der Waals surface area contributed by atoms with E-state index >= 15 is 0 Å². The molecule has 1 saturated heterocycles. The maximum atomic E-state index is 12.0. The molecule has 1 aliphatic heterocycles. The van der Waals surface area contributed by atoms with Crippen molar-refractivity contribution in [3.05, 3.63) is 35.9 Å². The van der Waals surface area contributed by atoms with Crippen molar-refractivity contribution in [3.63, 3.8) is 0 Å². The van der Waals surface area contributed by atoms with Crippen LogP contribution in [0.4, 0.5) is 0 Å². The topological polar surface area (TPSA) is 58.4 Å². The molecule has 0 aliphatic carbocycles. The van der Waals surface area contributed by atoms with Gasteiger partial charge in [-0.15, -0.1) is 0 Å². The Balaban J connectivity index is 1.85. The predicted octanol–water partition coefficient (Wildman–Crippen LogP) is 1.23. The summed E-state index contributed by atoms with van der Waals surface area (Å²) in [6.45, 7) is 3.42. The predicted molar refractivity (Wildman–Crippen MR) is 77.0 cm³/mol. The first-order valence-electron chi connectivity index (χ1n) is 7.08. The van der Waals surface area contributed by atoms with Gasteiger partial charge in [0.05, 0.1) is 0 Å². The number of benzene rings is 1. The molecule has 1 aromatic carbocycles. The number of piperidine rings is 1. The van der Waals surface area contributed by atoms with E-state index in [4.69, 9.17) is 5.73 Å². The van der Waals surface area contributed by atoms with Crippen LogP contribution in [0, 0.1) is 0 Å². The summed E-state index contributed by atoms with van der Waals surface area (Å²) in [5.41, 5.74) is 6.37. The van der Waals surface area contributed by atoms with Crippen molar-refractivity contribution in [1.82, 2.24) is 10.2 Å². The number of likely N-dealkylation sites (tertiary alicyclic amines) is 1. The summed E-state index contributed by atoms with van der Waals surface area (Å²) >= 11 is 0. The van der Waals surface area contributed by atoms with Crippen LogP contribution < -0.4 is 11.1 Å². The zero-order valence-corrected chi connectivity index (χ0v) is 11.3. The van der Waals surface area contributed by atoms with E-state index in [0.717, 1.165) is 25.1 Å². The van der Waals surface area contributed by atoms with E-state index in [-0.39, 0.29) is 5.91 Å². The second-order valence-corrected chi connectivity index (χ2v) is 5.05. The molecule has 0 radical (unpaired) electrons. The molecule has 1 heterocycles. The lowest BCUT2D eigenvalue weighted by Crippen LogP contribution is -2.48. The van der Waals surface area contributed by atoms with Crippen molar-refractivity contribution in [3.8, 4) is 0 Å². The number of nitrogens with two attached hydrogens (primary N) is 1. The Hall–Kier alpha value is -1.39. The lowest BCUT2D eigenvalue weighted by atomic mass is 10.0. The summed E-state index contributed by atoms with van der Waals surface area (Å²) in [4.78, 5) is 14.4. The van der Waals surface area contributed by atoms with Gasteiger partial charge in [-0.2, -0.15) is 0 Å². The number of carbonyl (C=O) groups excluding carboxylic acids is 1. The molecule has 1 atom stereocenters. The van der Waals surface area contributed by atoms with E-state index < -0.39 is 0 Å². The van der Waals surface area contributed by atoms with Crippen LogP contribution in [-0.4, -0.2) is 43.0 Å². The van der Waals surface area contributed by atoms with Gasteiger partial charge >= 0.3 is 0 Å². The Kier molecular flexibility index (Phi) is 5.36. The number of amides is 1. The van der Waals surface area contributed by atoms with E-state index in [0.29, 0.717) is 19.1 Å². The van der Waals surface area contributed by atoms with Gasteiger partial charge in [-0.05, 0) is 31.5 Å². The molecule has 2 rings (SSSR count). The lowest BCUT2D eigenvalue weighted by Gasteiger charge is -2.35. The minimum Gasteiger partial charge on any atom is -0.350 e. The molecule has 3 N–H and O–H groups in total. The zero-order chi connectivity index (χ0) is 13.5. The molecule has 0 saturated carbocycles. The molecule has 0 aromatic heterocycles. The molecule has 0 spiro atoms. The highest BCUT2D eigenvalue weighted by Gasteiger charge is 2.22. The fourth-order valence-electron chi connectivity index (χ4n) is 2.65. The minimum absolute atomic E-state index is 0.0128. The Labute approximate surface area is 115 Å². The van der Waals surface area contributed by atoms with Gasteiger partial charge in [0.25, 0.3) is 5.91 Å². The van der Waals surface area contributed by atoms with Gasteiger partial charge < -0.3 is 11.1 Å². The smallest absolute Gasteiger partial charge is 0.251 e. The highest BCUT2D eigenvalue weighted by Crippen LogP contribution is 2.15. The Morgan fingerprint density at radius 1 is 1.32 bits per heavy atom.